The molecule has 1 heterocycles. The molecule has 0 aliphatic rings. The summed E-state index contributed by atoms with van der Waals surface area (Å²) < 4.78 is 0. The summed E-state index contributed by atoms with van der Waals surface area (Å²) in [6.45, 7) is 7.17. The predicted octanol–water partition coefficient (Wildman–Crippen LogP) is 2.34. The van der Waals surface area contributed by atoms with Crippen molar-refractivity contribution < 1.29 is 5.21 Å². The molecule has 17 heavy (non-hydrogen) atoms. The number of nitrogens with two attached hydrogens (primary N) is 1. The molecule has 0 aliphatic carbocycles. The van der Waals surface area contributed by atoms with Crippen molar-refractivity contribution in [2.24, 2.45) is 16.8 Å². The maximum absolute atomic E-state index is 8.53. The van der Waals surface area contributed by atoms with Gasteiger partial charge in [-0.05, 0) is 28.3 Å². The van der Waals surface area contributed by atoms with Crippen molar-refractivity contribution in [3.05, 3.63) is 22.4 Å². The first-order valence-corrected chi connectivity index (χ1v) is 6.76. The number of oxime groups is 1. The third kappa shape index (κ3) is 5.70. The smallest absolute Gasteiger partial charge is 0.140 e. The summed E-state index contributed by atoms with van der Waals surface area (Å²) in [6.07, 6.45) is 0.605. The van der Waals surface area contributed by atoms with Gasteiger partial charge in [-0.3, -0.25) is 4.90 Å². The van der Waals surface area contributed by atoms with Crippen LogP contribution in [0.3, 0.4) is 0 Å². The van der Waals surface area contributed by atoms with Crippen molar-refractivity contribution in [3.8, 4) is 0 Å². The Balaban J connectivity index is 2.48. The fraction of sp³-hybridized carbons (Fsp3) is 0.583. The van der Waals surface area contributed by atoms with Crippen LogP contribution in [0.5, 0.6) is 0 Å². The average Bonchev–Trinajstić information content (AvgIpc) is 2.77. The number of nitrogens with zero attached hydrogens (tertiary/aromatic N) is 2. The lowest BCUT2D eigenvalue weighted by atomic mass is 10.2. The van der Waals surface area contributed by atoms with E-state index < -0.39 is 0 Å². The third-order valence-electron chi connectivity index (χ3n) is 2.42. The Morgan fingerprint density at radius 1 is 1.59 bits per heavy atom. The van der Waals surface area contributed by atoms with Gasteiger partial charge in [-0.15, -0.1) is 0 Å². The van der Waals surface area contributed by atoms with E-state index >= 15 is 0 Å². The molecule has 3 N–H and O–H groups in total. The number of hydrogen-bond donors (Lipinski definition) is 2. The van der Waals surface area contributed by atoms with Gasteiger partial charge in [-0.2, -0.15) is 11.3 Å². The molecule has 0 radical (unpaired) electrons. The summed E-state index contributed by atoms with van der Waals surface area (Å²) in [4.78, 5) is 2.34. The van der Waals surface area contributed by atoms with Crippen molar-refractivity contribution >= 4 is 17.2 Å². The first kappa shape index (κ1) is 14.0. The molecule has 1 aromatic heterocycles. The minimum Gasteiger partial charge on any atom is -0.409 e. The lowest BCUT2D eigenvalue weighted by molar-refractivity contribution is 0.241. The first-order valence-electron chi connectivity index (χ1n) is 5.81. The van der Waals surface area contributed by atoms with E-state index in [9.17, 15) is 0 Å². The summed E-state index contributed by atoms with van der Waals surface area (Å²) in [7, 11) is 0. The van der Waals surface area contributed by atoms with E-state index in [0.717, 1.165) is 19.6 Å². The molecule has 0 amide bonds. The van der Waals surface area contributed by atoms with E-state index in [1.165, 1.54) is 5.56 Å². The van der Waals surface area contributed by atoms with E-state index in [-0.39, 0.29) is 0 Å². The van der Waals surface area contributed by atoms with Gasteiger partial charge < -0.3 is 10.9 Å². The van der Waals surface area contributed by atoms with Crippen LogP contribution in [0.4, 0.5) is 0 Å². The second-order valence-corrected chi connectivity index (χ2v) is 5.38. The Kier molecular flexibility index (Phi) is 6.00. The monoisotopic (exact) mass is 255 g/mol. The van der Waals surface area contributed by atoms with Crippen LogP contribution in [0.1, 0.15) is 25.8 Å². The first-order chi connectivity index (χ1) is 8.11. The van der Waals surface area contributed by atoms with Gasteiger partial charge in [0.1, 0.15) is 5.84 Å². The Labute approximate surface area is 107 Å². The molecule has 1 aromatic rings. The van der Waals surface area contributed by atoms with E-state index in [2.05, 4.69) is 40.7 Å². The highest BCUT2D eigenvalue weighted by Gasteiger charge is 2.09. The zero-order valence-electron chi connectivity index (χ0n) is 10.5. The average molecular weight is 255 g/mol. The normalized spacial score (nSPS) is 12.6. The topological polar surface area (TPSA) is 61.8 Å². The highest BCUT2D eigenvalue weighted by atomic mass is 32.1. The van der Waals surface area contributed by atoms with Crippen LogP contribution in [0.15, 0.2) is 22.0 Å². The summed E-state index contributed by atoms with van der Waals surface area (Å²) in [5, 5.41) is 15.8. The van der Waals surface area contributed by atoms with Crippen LogP contribution in [-0.2, 0) is 6.54 Å². The second kappa shape index (κ2) is 7.29. The van der Waals surface area contributed by atoms with Crippen LogP contribution in [0.2, 0.25) is 0 Å². The minimum absolute atomic E-state index is 0.295. The molecular formula is C12H21N3OS. The molecular weight excluding hydrogens is 234 g/mol. The number of amidine groups is 1. The van der Waals surface area contributed by atoms with Gasteiger partial charge in [0.25, 0.3) is 0 Å². The van der Waals surface area contributed by atoms with Crippen LogP contribution < -0.4 is 5.73 Å². The molecule has 96 valence electrons. The molecule has 0 saturated heterocycles. The van der Waals surface area contributed by atoms with Gasteiger partial charge in [-0.1, -0.05) is 19.0 Å². The predicted molar refractivity (Wildman–Crippen MR) is 72.5 cm³/mol. The van der Waals surface area contributed by atoms with Crippen LogP contribution in [-0.4, -0.2) is 29.0 Å². The Morgan fingerprint density at radius 2 is 2.35 bits per heavy atom. The molecule has 0 atom stereocenters. The second-order valence-electron chi connectivity index (χ2n) is 4.60. The van der Waals surface area contributed by atoms with E-state index in [4.69, 9.17) is 10.9 Å². The van der Waals surface area contributed by atoms with E-state index in [1.54, 1.807) is 11.3 Å². The molecule has 1 rings (SSSR count). The highest BCUT2D eigenvalue weighted by molar-refractivity contribution is 7.07. The fourth-order valence-corrected chi connectivity index (χ4v) is 2.37. The quantitative estimate of drug-likeness (QED) is 0.340. The Hall–Kier alpha value is -1.07. The standard InChI is InChI=1S/C12H21N3OS/c1-10(2)7-15(5-3-12(13)14-16)8-11-4-6-17-9-11/h4,6,9-10,16H,3,5,7-8H2,1-2H3,(H2,13,14). The minimum atomic E-state index is 0.295. The summed E-state index contributed by atoms with van der Waals surface area (Å²) in [5.74, 6) is 0.907. The van der Waals surface area contributed by atoms with Crippen molar-refractivity contribution in [1.82, 2.24) is 4.90 Å². The van der Waals surface area contributed by atoms with Crippen LogP contribution in [0.25, 0.3) is 0 Å². The van der Waals surface area contributed by atoms with E-state index in [1.807, 2.05) is 0 Å². The zero-order valence-corrected chi connectivity index (χ0v) is 11.3. The highest BCUT2D eigenvalue weighted by Crippen LogP contribution is 2.11. The zero-order chi connectivity index (χ0) is 12.7. The van der Waals surface area contributed by atoms with Crippen LogP contribution in [0, 0.1) is 5.92 Å². The Bertz CT molecular complexity index is 336. The van der Waals surface area contributed by atoms with E-state index in [0.29, 0.717) is 18.2 Å². The summed E-state index contributed by atoms with van der Waals surface area (Å²) >= 11 is 1.71. The maximum atomic E-state index is 8.53. The molecule has 0 fully saturated rings. The van der Waals surface area contributed by atoms with Crippen LogP contribution >= 0.6 is 11.3 Å². The van der Waals surface area contributed by atoms with Gasteiger partial charge >= 0.3 is 0 Å². The van der Waals surface area contributed by atoms with Gasteiger partial charge in [0.2, 0.25) is 0 Å². The molecule has 0 aromatic carbocycles. The van der Waals surface area contributed by atoms with Gasteiger partial charge in [-0.25, -0.2) is 0 Å². The van der Waals surface area contributed by atoms with Gasteiger partial charge in [0, 0.05) is 26.1 Å². The Morgan fingerprint density at radius 3 is 2.88 bits per heavy atom. The summed E-state index contributed by atoms with van der Waals surface area (Å²) in [5.41, 5.74) is 6.83. The lowest BCUT2D eigenvalue weighted by Crippen LogP contribution is -2.31. The molecule has 0 bridgehead atoms. The van der Waals surface area contributed by atoms with Gasteiger partial charge in [0.15, 0.2) is 0 Å². The fourth-order valence-electron chi connectivity index (χ4n) is 1.71. The molecule has 0 unspecified atom stereocenters. The summed E-state index contributed by atoms with van der Waals surface area (Å²) in [6, 6.07) is 2.14. The SMILES string of the molecule is CC(C)CN(CCC(N)=NO)Cc1ccsc1. The molecule has 5 heteroatoms. The van der Waals surface area contributed by atoms with Crippen molar-refractivity contribution in [3.63, 3.8) is 0 Å². The largest absolute Gasteiger partial charge is 0.409 e. The number of rotatable bonds is 7. The molecule has 0 saturated carbocycles. The third-order valence-corrected chi connectivity index (χ3v) is 3.15. The molecule has 4 nitrogen and oxygen atoms in total. The lowest BCUT2D eigenvalue weighted by Gasteiger charge is -2.23. The van der Waals surface area contributed by atoms with Crippen molar-refractivity contribution in [2.45, 2.75) is 26.8 Å². The van der Waals surface area contributed by atoms with Crippen molar-refractivity contribution in [2.75, 3.05) is 13.1 Å². The molecule has 0 spiro atoms. The van der Waals surface area contributed by atoms with Crippen molar-refractivity contribution in [1.29, 1.82) is 0 Å². The maximum Gasteiger partial charge on any atom is 0.140 e. The molecule has 0 aliphatic heterocycles. The number of thiophene rings is 1. The number of hydrogen-bond acceptors (Lipinski definition) is 4. The van der Waals surface area contributed by atoms with Gasteiger partial charge in [0.05, 0.1) is 0 Å².